The number of pyridine rings is 2. The highest BCUT2D eigenvalue weighted by atomic mass is 35.5. The van der Waals surface area contributed by atoms with Gasteiger partial charge in [-0.2, -0.15) is 0 Å². The molecule has 3 heterocycles. The molecule has 1 aliphatic heterocycles. The molecule has 26 heavy (non-hydrogen) atoms. The summed E-state index contributed by atoms with van der Waals surface area (Å²) in [7, 11) is 0. The van der Waals surface area contributed by atoms with Gasteiger partial charge in [0.25, 0.3) is 11.5 Å². The maximum Gasteiger partial charge on any atom is 0.276 e. The average molecular weight is 373 g/mol. The Morgan fingerprint density at radius 3 is 2.81 bits per heavy atom. The van der Waals surface area contributed by atoms with Gasteiger partial charge in [0.05, 0.1) is 5.02 Å². The molecule has 136 valence electrons. The second kappa shape index (κ2) is 6.76. The SMILES string of the molecule is O=C1NC2(CCCCC2)n2c1c(Cl)cc(NCCc1cccnc1)c2=O. The molecule has 0 aromatic carbocycles. The van der Waals surface area contributed by atoms with Gasteiger partial charge >= 0.3 is 0 Å². The van der Waals surface area contributed by atoms with Crippen LogP contribution in [-0.2, 0) is 12.1 Å². The molecule has 6 nitrogen and oxygen atoms in total. The lowest BCUT2D eigenvalue weighted by Crippen LogP contribution is -2.48. The van der Waals surface area contributed by atoms with Gasteiger partial charge in [0.15, 0.2) is 0 Å². The predicted molar refractivity (Wildman–Crippen MR) is 101 cm³/mol. The van der Waals surface area contributed by atoms with Crippen molar-refractivity contribution in [3.05, 3.63) is 57.2 Å². The van der Waals surface area contributed by atoms with Crippen LogP contribution in [0.1, 0.15) is 48.2 Å². The fourth-order valence-electron chi connectivity index (χ4n) is 4.03. The molecule has 0 bridgehead atoms. The largest absolute Gasteiger partial charge is 0.380 e. The molecule has 2 aliphatic rings. The lowest BCUT2D eigenvalue weighted by atomic mass is 9.89. The first-order valence-electron chi connectivity index (χ1n) is 9.02. The number of nitrogens with zero attached hydrogens (tertiary/aromatic N) is 2. The monoisotopic (exact) mass is 372 g/mol. The lowest BCUT2D eigenvalue weighted by molar-refractivity contribution is 0.0877. The minimum atomic E-state index is -0.619. The third kappa shape index (κ3) is 2.88. The summed E-state index contributed by atoms with van der Waals surface area (Å²) >= 11 is 6.37. The Morgan fingerprint density at radius 1 is 1.27 bits per heavy atom. The Labute approximate surface area is 156 Å². The van der Waals surface area contributed by atoms with Crippen LogP contribution in [0.25, 0.3) is 0 Å². The van der Waals surface area contributed by atoms with Gasteiger partial charge in [-0.05, 0) is 49.8 Å². The second-order valence-electron chi connectivity index (χ2n) is 6.98. The molecule has 0 radical (unpaired) electrons. The molecule has 1 saturated carbocycles. The smallest absolute Gasteiger partial charge is 0.276 e. The van der Waals surface area contributed by atoms with E-state index in [2.05, 4.69) is 15.6 Å². The van der Waals surface area contributed by atoms with Gasteiger partial charge in [-0.25, -0.2) is 0 Å². The van der Waals surface area contributed by atoms with Crippen LogP contribution in [0.5, 0.6) is 0 Å². The van der Waals surface area contributed by atoms with Crippen LogP contribution < -0.4 is 16.2 Å². The van der Waals surface area contributed by atoms with Crippen molar-refractivity contribution in [3.8, 4) is 0 Å². The van der Waals surface area contributed by atoms with Crippen molar-refractivity contribution in [3.63, 3.8) is 0 Å². The molecule has 1 amide bonds. The Balaban J connectivity index is 1.64. The summed E-state index contributed by atoms with van der Waals surface area (Å²) in [6, 6.07) is 5.46. The number of carbonyl (C=O) groups excluding carboxylic acids is 1. The number of anilines is 1. The van der Waals surface area contributed by atoms with E-state index in [4.69, 9.17) is 11.6 Å². The Hall–Kier alpha value is -2.34. The van der Waals surface area contributed by atoms with Crippen LogP contribution in [-0.4, -0.2) is 22.0 Å². The first-order valence-corrected chi connectivity index (χ1v) is 9.40. The van der Waals surface area contributed by atoms with E-state index >= 15 is 0 Å². The third-order valence-corrected chi connectivity index (χ3v) is 5.56. The van der Waals surface area contributed by atoms with E-state index in [0.717, 1.165) is 44.1 Å². The summed E-state index contributed by atoms with van der Waals surface area (Å²) in [5, 5.41) is 6.53. The minimum Gasteiger partial charge on any atom is -0.380 e. The molecule has 2 aromatic rings. The summed E-state index contributed by atoms with van der Waals surface area (Å²) < 4.78 is 1.60. The zero-order valence-corrected chi connectivity index (χ0v) is 15.2. The third-order valence-electron chi connectivity index (χ3n) is 5.28. The van der Waals surface area contributed by atoms with Gasteiger partial charge in [0, 0.05) is 18.9 Å². The number of rotatable bonds is 4. The standard InChI is InChI=1S/C19H21ClN4O2/c20-14-11-15(22-10-6-13-5-4-9-21-12-13)18(26)24-16(14)17(25)23-19(24)7-2-1-3-8-19/h4-5,9,11-12,22H,1-3,6-8,10H2,(H,23,25). The molecule has 1 aliphatic carbocycles. The summed E-state index contributed by atoms with van der Waals surface area (Å²) in [6.07, 6.45) is 8.92. The van der Waals surface area contributed by atoms with Gasteiger partial charge < -0.3 is 10.6 Å². The number of fused-ring (bicyclic) bond motifs is 2. The van der Waals surface area contributed by atoms with E-state index in [1.165, 1.54) is 0 Å². The van der Waals surface area contributed by atoms with Gasteiger partial charge in [-0.3, -0.25) is 19.1 Å². The number of hydrogen-bond donors (Lipinski definition) is 2. The summed E-state index contributed by atoms with van der Waals surface area (Å²) in [6.45, 7) is 0.588. The maximum atomic E-state index is 13.1. The summed E-state index contributed by atoms with van der Waals surface area (Å²) in [5.74, 6) is -0.254. The minimum absolute atomic E-state index is 0.184. The van der Waals surface area contributed by atoms with Crippen LogP contribution in [0.4, 0.5) is 5.69 Å². The van der Waals surface area contributed by atoms with Gasteiger partial charge in [0.2, 0.25) is 0 Å². The number of aromatic nitrogens is 2. The molecule has 7 heteroatoms. The first kappa shape index (κ1) is 17.1. The predicted octanol–water partition coefficient (Wildman–Crippen LogP) is 2.91. The number of carbonyl (C=O) groups is 1. The number of amides is 1. The van der Waals surface area contributed by atoms with Crippen LogP contribution in [0, 0.1) is 0 Å². The van der Waals surface area contributed by atoms with E-state index < -0.39 is 5.66 Å². The van der Waals surface area contributed by atoms with E-state index in [-0.39, 0.29) is 17.2 Å². The quantitative estimate of drug-likeness (QED) is 0.865. The van der Waals surface area contributed by atoms with Crippen LogP contribution in [0.3, 0.4) is 0 Å². The van der Waals surface area contributed by atoms with Crippen molar-refractivity contribution in [1.82, 2.24) is 14.9 Å². The van der Waals surface area contributed by atoms with Gasteiger partial charge in [-0.1, -0.05) is 24.1 Å². The molecule has 1 fully saturated rings. The highest BCUT2D eigenvalue weighted by molar-refractivity contribution is 6.34. The number of halogens is 1. The van der Waals surface area contributed by atoms with Crippen molar-refractivity contribution < 1.29 is 4.79 Å². The van der Waals surface area contributed by atoms with Crippen LogP contribution in [0.2, 0.25) is 5.02 Å². The first-order chi connectivity index (χ1) is 12.6. The zero-order chi connectivity index (χ0) is 18.1. The molecule has 4 rings (SSSR count). The van der Waals surface area contributed by atoms with E-state index in [1.807, 2.05) is 18.3 Å². The highest BCUT2D eigenvalue weighted by Gasteiger charge is 2.45. The molecule has 0 saturated heterocycles. The summed E-state index contributed by atoms with van der Waals surface area (Å²) in [5.41, 5.74) is 1.01. The van der Waals surface area contributed by atoms with Crippen molar-refractivity contribution in [1.29, 1.82) is 0 Å². The van der Waals surface area contributed by atoms with Crippen molar-refractivity contribution in [2.75, 3.05) is 11.9 Å². The molecule has 1 spiro atoms. The topological polar surface area (TPSA) is 76.0 Å². The van der Waals surface area contributed by atoms with E-state index in [0.29, 0.717) is 17.3 Å². The van der Waals surface area contributed by atoms with Crippen molar-refractivity contribution in [2.45, 2.75) is 44.2 Å². The normalized spacial score (nSPS) is 17.8. The van der Waals surface area contributed by atoms with Gasteiger partial charge in [-0.15, -0.1) is 0 Å². The number of nitrogens with one attached hydrogen (secondary N) is 2. The molecule has 2 N–H and O–H groups in total. The van der Waals surface area contributed by atoms with Crippen LogP contribution in [0.15, 0.2) is 35.4 Å². The zero-order valence-electron chi connectivity index (χ0n) is 14.4. The summed E-state index contributed by atoms with van der Waals surface area (Å²) in [4.78, 5) is 29.6. The fraction of sp³-hybridized carbons (Fsp3) is 0.421. The second-order valence-corrected chi connectivity index (χ2v) is 7.39. The van der Waals surface area contributed by atoms with E-state index in [9.17, 15) is 9.59 Å². The van der Waals surface area contributed by atoms with Crippen molar-refractivity contribution in [2.24, 2.45) is 0 Å². The molecule has 0 unspecified atom stereocenters. The van der Waals surface area contributed by atoms with Crippen LogP contribution >= 0.6 is 11.6 Å². The number of hydrogen-bond acceptors (Lipinski definition) is 4. The molecular formula is C19H21ClN4O2. The Kier molecular flexibility index (Phi) is 4.44. The lowest BCUT2D eigenvalue weighted by Gasteiger charge is -2.35. The highest BCUT2D eigenvalue weighted by Crippen LogP contribution is 2.38. The Bertz CT molecular complexity index is 888. The maximum absolute atomic E-state index is 13.1. The molecular weight excluding hydrogens is 352 g/mol. The average Bonchev–Trinajstić information content (AvgIpc) is 2.93. The van der Waals surface area contributed by atoms with E-state index in [1.54, 1.807) is 16.8 Å². The van der Waals surface area contributed by atoms with Gasteiger partial charge in [0.1, 0.15) is 17.0 Å². The van der Waals surface area contributed by atoms with Crippen molar-refractivity contribution >= 4 is 23.2 Å². The fourth-order valence-corrected chi connectivity index (χ4v) is 4.31. The Morgan fingerprint density at radius 2 is 2.08 bits per heavy atom. The molecule has 2 aromatic heterocycles. The molecule has 0 atom stereocenters.